The van der Waals surface area contributed by atoms with Crippen molar-refractivity contribution in [1.29, 1.82) is 0 Å². The van der Waals surface area contributed by atoms with Crippen LogP contribution in [0.2, 0.25) is 0 Å². The summed E-state index contributed by atoms with van der Waals surface area (Å²) in [5.74, 6) is 1.47. The Labute approximate surface area is 153 Å². The zero-order valence-corrected chi connectivity index (χ0v) is 16.7. The molecule has 2 nitrogen and oxygen atoms in total. The van der Waals surface area contributed by atoms with Crippen molar-refractivity contribution in [2.75, 3.05) is 0 Å². The number of hydrogen-bond donors (Lipinski definition) is 0. The van der Waals surface area contributed by atoms with Gasteiger partial charge >= 0.3 is 0 Å². The van der Waals surface area contributed by atoms with Gasteiger partial charge in [-0.1, -0.05) is 71.9 Å². The minimum atomic E-state index is -0.0598. The first-order valence-corrected chi connectivity index (χ1v) is 10.0. The molecule has 4 rings (SSSR count). The molecule has 25 heavy (non-hydrogen) atoms. The highest BCUT2D eigenvalue weighted by atomic mass is 16.7. The third kappa shape index (κ3) is 2.51. The molecule has 0 radical (unpaired) electrons. The lowest BCUT2D eigenvalue weighted by atomic mass is 9.70. The van der Waals surface area contributed by atoms with Gasteiger partial charge in [-0.3, -0.25) is 0 Å². The summed E-state index contributed by atoms with van der Waals surface area (Å²) in [5.41, 5.74) is 2.01. The molecule has 1 heterocycles. The summed E-state index contributed by atoms with van der Waals surface area (Å²) in [6, 6.07) is 10.6. The molecule has 3 fully saturated rings. The van der Waals surface area contributed by atoms with Crippen molar-refractivity contribution in [3.63, 3.8) is 0 Å². The first kappa shape index (κ1) is 17.5. The molecule has 0 unspecified atom stereocenters. The van der Waals surface area contributed by atoms with E-state index in [0.717, 1.165) is 12.3 Å². The molecular weight excluding hydrogens is 308 g/mol. The van der Waals surface area contributed by atoms with Crippen molar-refractivity contribution in [2.45, 2.75) is 79.3 Å². The molecule has 0 aromatic heterocycles. The average molecular weight is 343 g/mol. The Balaban J connectivity index is 1.54. The van der Waals surface area contributed by atoms with E-state index in [4.69, 9.17) is 9.47 Å². The van der Waals surface area contributed by atoms with E-state index < -0.39 is 0 Å². The van der Waals surface area contributed by atoms with Gasteiger partial charge in [0.25, 0.3) is 0 Å². The Morgan fingerprint density at radius 3 is 2.40 bits per heavy atom. The third-order valence-electron chi connectivity index (χ3n) is 7.85. The molecule has 2 bridgehead atoms. The molecular formula is C23H34O2. The maximum Gasteiger partial charge on any atom is 0.159 e. The fourth-order valence-electron chi connectivity index (χ4n) is 6.13. The van der Waals surface area contributed by atoms with Crippen LogP contribution in [0.1, 0.15) is 72.5 Å². The van der Waals surface area contributed by atoms with E-state index in [0.29, 0.717) is 22.9 Å². The number of benzene rings is 1. The molecule has 0 N–H and O–H groups in total. The summed E-state index contributed by atoms with van der Waals surface area (Å²) < 4.78 is 13.2. The summed E-state index contributed by atoms with van der Waals surface area (Å²) in [4.78, 5) is 0. The van der Waals surface area contributed by atoms with E-state index in [-0.39, 0.29) is 17.8 Å². The summed E-state index contributed by atoms with van der Waals surface area (Å²) >= 11 is 0. The standard InChI is InChI=1S/C23H34O2/c1-21(2,3)19(15-10-8-7-9-11-15)24-18-14-16-17-12-13-23(6,20(16)25-18)22(17,4)5/h7-11,16-20H,12-14H2,1-6H3/t16-,17+,18-,19+,20-,23-/m0/s1. The predicted molar refractivity (Wildman–Crippen MR) is 101 cm³/mol. The van der Waals surface area contributed by atoms with Gasteiger partial charge in [-0.2, -0.15) is 0 Å². The maximum atomic E-state index is 6.61. The van der Waals surface area contributed by atoms with Crippen LogP contribution in [0.25, 0.3) is 0 Å². The van der Waals surface area contributed by atoms with Gasteiger partial charge in [0.2, 0.25) is 0 Å². The molecule has 0 spiro atoms. The van der Waals surface area contributed by atoms with E-state index in [1.165, 1.54) is 18.4 Å². The highest BCUT2D eigenvalue weighted by molar-refractivity contribution is 5.20. The second-order valence-electron chi connectivity index (χ2n) is 10.5. The molecule has 2 aliphatic carbocycles. The number of rotatable bonds is 3. The number of fused-ring (bicyclic) bond motifs is 5. The van der Waals surface area contributed by atoms with Gasteiger partial charge in [-0.25, -0.2) is 0 Å². The van der Waals surface area contributed by atoms with Crippen LogP contribution in [0, 0.1) is 28.1 Å². The minimum absolute atomic E-state index is 0.0462. The van der Waals surface area contributed by atoms with Crippen LogP contribution in [0.15, 0.2) is 30.3 Å². The lowest BCUT2D eigenvalue weighted by molar-refractivity contribution is -0.205. The van der Waals surface area contributed by atoms with Gasteiger partial charge in [0.1, 0.15) is 0 Å². The monoisotopic (exact) mass is 342 g/mol. The van der Waals surface area contributed by atoms with E-state index in [9.17, 15) is 0 Å². The quantitative estimate of drug-likeness (QED) is 0.673. The van der Waals surface area contributed by atoms with E-state index >= 15 is 0 Å². The smallest absolute Gasteiger partial charge is 0.159 e. The largest absolute Gasteiger partial charge is 0.349 e. The topological polar surface area (TPSA) is 18.5 Å². The van der Waals surface area contributed by atoms with Crippen LogP contribution in [-0.4, -0.2) is 12.4 Å². The highest BCUT2D eigenvalue weighted by Gasteiger charge is 2.69. The highest BCUT2D eigenvalue weighted by Crippen LogP contribution is 2.71. The fourth-order valence-corrected chi connectivity index (χ4v) is 6.13. The molecule has 1 aliphatic heterocycles. The molecule has 3 aliphatic rings. The summed E-state index contributed by atoms with van der Waals surface area (Å²) in [6.07, 6.45) is 4.12. The molecule has 1 aromatic carbocycles. The summed E-state index contributed by atoms with van der Waals surface area (Å²) in [7, 11) is 0. The van der Waals surface area contributed by atoms with E-state index in [1.54, 1.807) is 0 Å². The van der Waals surface area contributed by atoms with E-state index in [1.807, 2.05) is 0 Å². The van der Waals surface area contributed by atoms with Crippen LogP contribution >= 0.6 is 0 Å². The SMILES string of the molecule is CC(C)(C)[C@H](O[C@@H]1C[C@H]2[C@H]3CC[C@@](C)([C@H]2O1)C3(C)C)c1ccccc1. The Morgan fingerprint density at radius 1 is 1.12 bits per heavy atom. The Bertz CT molecular complexity index is 629. The number of ether oxygens (including phenoxy) is 2. The van der Waals surface area contributed by atoms with Crippen LogP contribution in [0.5, 0.6) is 0 Å². The van der Waals surface area contributed by atoms with Crippen LogP contribution in [0.4, 0.5) is 0 Å². The van der Waals surface area contributed by atoms with Crippen molar-refractivity contribution in [3.8, 4) is 0 Å². The lowest BCUT2D eigenvalue weighted by Crippen LogP contribution is -2.38. The first-order chi connectivity index (χ1) is 11.6. The molecule has 2 heteroatoms. The molecule has 138 valence electrons. The van der Waals surface area contributed by atoms with Gasteiger partial charge in [0.05, 0.1) is 12.2 Å². The fraction of sp³-hybridized carbons (Fsp3) is 0.739. The van der Waals surface area contributed by atoms with Gasteiger partial charge in [0, 0.05) is 6.42 Å². The number of hydrogen-bond acceptors (Lipinski definition) is 2. The van der Waals surface area contributed by atoms with Crippen LogP contribution < -0.4 is 0 Å². The van der Waals surface area contributed by atoms with Crippen molar-refractivity contribution in [1.82, 2.24) is 0 Å². The molecule has 1 saturated heterocycles. The lowest BCUT2D eigenvalue weighted by Gasteiger charge is -2.39. The zero-order chi connectivity index (χ0) is 18.0. The second kappa shape index (κ2) is 5.57. The Kier molecular flexibility index (Phi) is 3.91. The van der Waals surface area contributed by atoms with Gasteiger partial charge in [-0.15, -0.1) is 0 Å². The molecule has 6 atom stereocenters. The summed E-state index contributed by atoms with van der Waals surface area (Å²) in [6.45, 7) is 14.2. The van der Waals surface area contributed by atoms with Crippen LogP contribution in [-0.2, 0) is 9.47 Å². The Morgan fingerprint density at radius 2 is 1.80 bits per heavy atom. The second-order valence-corrected chi connectivity index (χ2v) is 10.5. The van der Waals surface area contributed by atoms with Crippen molar-refractivity contribution in [2.24, 2.45) is 28.1 Å². The normalized spacial score (nSPS) is 40.2. The van der Waals surface area contributed by atoms with Crippen molar-refractivity contribution in [3.05, 3.63) is 35.9 Å². The molecule has 0 amide bonds. The van der Waals surface area contributed by atoms with Crippen molar-refractivity contribution < 1.29 is 9.47 Å². The third-order valence-corrected chi connectivity index (χ3v) is 7.85. The Hall–Kier alpha value is -0.860. The first-order valence-electron chi connectivity index (χ1n) is 10.0. The van der Waals surface area contributed by atoms with Gasteiger partial charge < -0.3 is 9.47 Å². The minimum Gasteiger partial charge on any atom is -0.349 e. The molecule has 2 saturated carbocycles. The van der Waals surface area contributed by atoms with Crippen LogP contribution in [0.3, 0.4) is 0 Å². The predicted octanol–water partition coefficient (Wildman–Crippen LogP) is 5.98. The van der Waals surface area contributed by atoms with Gasteiger partial charge in [0.15, 0.2) is 6.29 Å². The average Bonchev–Trinajstić information content (AvgIpc) is 3.10. The van der Waals surface area contributed by atoms with Crippen molar-refractivity contribution >= 4 is 0 Å². The molecule has 1 aromatic rings. The van der Waals surface area contributed by atoms with Gasteiger partial charge in [-0.05, 0) is 46.5 Å². The summed E-state index contributed by atoms with van der Waals surface area (Å²) in [5, 5.41) is 0. The maximum absolute atomic E-state index is 6.61. The zero-order valence-electron chi connectivity index (χ0n) is 16.7. The van der Waals surface area contributed by atoms with E-state index in [2.05, 4.69) is 71.9 Å².